The van der Waals surface area contributed by atoms with Gasteiger partial charge in [-0.25, -0.2) is 0 Å². The second kappa shape index (κ2) is 10.5. The normalized spacial score (nSPS) is 12.9. The van der Waals surface area contributed by atoms with Crippen LogP contribution in [0.15, 0.2) is 0 Å². The average molecular weight is 339 g/mol. The number of hydrogen-bond donors (Lipinski definition) is 1. The second-order valence-electron chi connectivity index (χ2n) is 9.21. The molecule has 0 spiro atoms. The predicted molar refractivity (Wildman–Crippen MR) is 107 cm³/mol. The summed E-state index contributed by atoms with van der Waals surface area (Å²) in [6.45, 7) is 23.4. The van der Waals surface area contributed by atoms with Gasteiger partial charge in [-0.3, -0.25) is 4.79 Å². The highest BCUT2D eigenvalue weighted by molar-refractivity contribution is 6.05. The zero-order chi connectivity index (χ0) is 19.8. The Balaban J connectivity index is 0. The van der Waals surface area contributed by atoms with E-state index in [1.54, 1.807) is 0 Å². The lowest BCUT2D eigenvalue weighted by atomic mass is 9.69. The van der Waals surface area contributed by atoms with Gasteiger partial charge in [-0.05, 0) is 51.9 Å². The van der Waals surface area contributed by atoms with Crippen molar-refractivity contribution in [2.75, 3.05) is 6.61 Å². The molecule has 0 aromatic carbocycles. The molecule has 0 atom stereocenters. The molecule has 24 heavy (non-hydrogen) atoms. The third kappa shape index (κ3) is 10.4. The molecule has 0 unspecified atom stereocenters. The third-order valence-corrected chi connectivity index (χ3v) is 4.71. The molecule has 142 valence electrons. The molecule has 1 N–H and O–H groups in total. The average Bonchev–Trinajstić information content (AvgIpc) is 2.38. The Labute approximate surface area is 153 Å². The molecule has 1 amide bonds. The first kappa shape index (κ1) is 25.7. The lowest BCUT2D eigenvalue weighted by Crippen LogP contribution is -2.50. The van der Waals surface area contributed by atoms with Gasteiger partial charge in [-0.1, -0.05) is 48.4 Å². The summed E-state index contributed by atoms with van der Waals surface area (Å²) in [6, 6.07) is 0. The minimum atomic E-state index is -0.371. The highest BCUT2D eigenvalue weighted by Gasteiger charge is 2.38. The van der Waals surface area contributed by atoms with E-state index < -0.39 is 0 Å². The molecule has 0 fully saturated rings. The molecule has 0 aliphatic heterocycles. The standard InChI is InChI=1S/C19H39NO2.CH3B/c1-14(2)17(5,6)13-18(7,8)16(21)20-19(9,10)11-12-22-15(3)4;1-2/h14-15H,11-13H2,1-10H3,(H,20,21);1H3. The fourth-order valence-corrected chi connectivity index (χ4v) is 2.51. The van der Waals surface area contributed by atoms with Gasteiger partial charge in [0.05, 0.1) is 14.0 Å². The molecule has 0 aromatic rings. The van der Waals surface area contributed by atoms with Crippen molar-refractivity contribution >= 4 is 13.8 Å². The first-order chi connectivity index (χ1) is 10.7. The van der Waals surface area contributed by atoms with Crippen molar-refractivity contribution in [1.82, 2.24) is 5.32 Å². The molecule has 0 bridgehead atoms. The summed E-state index contributed by atoms with van der Waals surface area (Å²) >= 11 is 0. The highest BCUT2D eigenvalue weighted by atomic mass is 16.5. The Morgan fingerprint density at radius 2 is 1.46 bits per heavy atom. The molecule has 0 aliphatic rings. The smallest absolute Gasteiger partial charge is 0.226 e. The van der Waals surface area contributed by atoms with Gasteiger partial charge in [-0.15, -0.1) is 0 Å². The number of nitrogens with one attached hydrogen (secondary N) is 1. The quantitative estimate of drug-likeness (QED) is 0.601. The van der Waals surface area contributed by atoms with Crippen molar-refractivity contribution in [2.45, 2.75) is 101 Å². The van der Waals surface area contributed by atoms with Crippen molar-refractivity contribution in [1.29, 1.82) is 0 Å². The van der Waals surface area contributed by atoms with Crippen molar-refractivity contribution in [2.24, 2.45) is 16.7 Å². The molecule has 0 aromatic heterocycles. The SMILES string of the molecule is CC(C)OCCC(C)(C)NC(=O)C(C)(C)CC(C)(C)C(C)C.[B]C. The summed E-state index contributed by atoms with van der Waals surface area (Å²) in [7, 11) is 4.50. The Bertz CT molecular complexity index is 361. The van der Waals surface area contributed by atoms with E-state index in [0.29, 0.717) is 12.5 Å². The van der Waals surface area contributed by atoms with E-state index in [2.05, 4.69) is 54.7 Å². The molecule has 3 nitrogen and oxygen atoms in total. The first-order valence-corrected chi connectivity index (χ1v) is 9.21. The summed E-state index contributed by atoms with van der Waals surface area (Å²) in [5, 5.41) is 3.21. The topological polar surface area (TPSA) is 38.3 Å². The number of carbonyl (C=O) groups is 1. The van der Waals surface area contributed by atoms with E-state index in [9.17, 15) is 4.79 Å². The molecule has 2 radical (unpaired) electrons. The summed E-state index contributed by atoms with van der Waals surface area (Å²) in [5.41, 5.74) is -0.471. The van der Waals surface area contributed by atoms with Crippen LogP contribution in [0, 0.1) is 16.7 Å². The van der Waals surface area contributed by atoms with E-state index in [1.165, 1.54) is 6.82 Å². The molecule has 0 aliphatic carbocycles. The van der Waals surface area contributed by atoms with Crippen LogP contribution in [0.5, 0.6) is 0 Å². The maximum atomic E-state index is 12.7. The number of amides is 1. The summed E-state index contributed by atoms with van der Waals surface area (Å²) < 4.78 is 5.61. The van der Waals surface area contributed by atoms with Crippen molar-refractivity contribution < 1.29 is 9.53 Å². The van der Waals surface area contributed by atoms with Crippen molar-refractivity contribution in [3.05, 3.63) is 0 Å². The van der Waals surface area contributed by atoms with Crippen LogP contribution in [-0.4, -0.2) is 32.0 Å². The molecular formula is C20H42BNO2. The lowest BCUT2D eigenvalue weighted by Gasteiger charge is -2.39. The first-order valence-electron chi connectivity index (χ1n) is 9.21. The summed E-state index contributed by atoms with van der Waals surface area (Å²) in [4.78, 5) is 12.7. The van der Waals surface area contributed by atoms with Crippen molar-refractivity contribution in [3.63, 3.8) is 0 Å². The maximum absolute atomic E-state index is 12.7. The second-order valence-corrected chi connectivity index (χ2v) is 9.21. The third-order valence-electron chi connectivity index (χ3n) is 4.71. The minimum absolute atomic E-state index is 0.135. The van der Waals surface area contributed by atoms with Crippen LogP contribution in [0.25, 0.3) is 0 Å². The minimum Gasteiger partial charge on any atom is -0.379 e. The Kier molecular flexibility index (Phi) is 11.2. The largest absolute Gasteiger partial charge is 0.379 e. The van der Waals surface area contributed by atoms with Gasteiger partial charge in [0.15, 0.2) is 0 Å². The van der Waals surface area contributed by atoms with Crippen LogP contribution in [0.3, 0.4) is 0 Å². The number of hydrogen-bond acceptors (Lipinski definition) is 2. The fourth-order valence-electron chi connectivity index (χ4n) is 2.51. The molecule has 0 rings (SSSR count). The molecular weight excluding hydrogens is 297 g/mol. The molecule has 0 saturated carbocycles. The van der Waals surface area contributed by atoms with E-state index in [1.807, 2.05) is 27.7 Å². The van der Waals surface area contributed by atoms with E-state index in [-0.39, 0.29) is 28.4 Å². The van der Waals surface area contributed by atoms with Gasteiger partial charge < -0.3 is 10.1 Å². The zero-order valence-electron chi connectivity index (χ0n) is 18.2. The van der Waals surface area contributed by atoms with Crippen molar-refractivity contribution in [3.8, 4) is 0 Å². The number of ether oxygens (including phenoxy) is 1. The van der Waals surface area contributed by atoms with Gasteiger partial charge in [0, 0.05) is 17.6 Å². The lowest BCUT2D eigenvalue weighted by molar-refractivity contribution is -0.133. The Morgan fingerprint density at radius 1 is 1.00 bits per heavy atom. The molecule has 4 heteroatoms. The van der Waals surface area contributed by atoms with Gasteiger partial charge in [0.25, 0.3) is 0 Å². The van der Waals surface area contributed by atoms with Crippen LogP contribution in [-0.2, 0) is 9.53 Å². The molecule has 0 heterocycles. The summed E-state index contributed by atoms with van der Waals surface area (Å²) in [6.07, 6.45) is 1.93. The summed E-state index contributed by atoms with van der Waals surface area (Å²) in [5.74, 6) is 0.683. The Hall–Kier alpha value is -0.505. The van der Waals surface area contributed by atoms with Gasteiger partial charge in [-0.2, -0.15) is 0 Å². The predicted octanol–water partition coefficient (Wildman–Crippen LogP) is 5.00. The monoisotopic (exact) mass is 339 g/mol. The van der Waals surface area contributed by atoms with E-state index >= 15 is 0 Å². The van der Waals surface area contributed by atoms with Crippen LogP contribution in [0.4, 0.5) is 0 Å². The van der Waals surface area contributed by atoms with Gasteiger partial charge in [0.1, 0.15) is 0 Å². The van der Waals surface area contributed by atoms with Crippen LogP contribution < -0.4 is 5.32 Å². The number of carbonyl (C=O) groups excluding carboxylic acids is 1. The maximum Gasteiger partial charge on any atom is 0.226 e. The van der Waals surface area contributed by atoms with Crippen LogP contribution >= 0.6 is 0 Å². The van der Waals surface area contributed by atoms with Gasteiger partial charge >= 0.3 is 0 Å². The zero-order valence-corrected chi connectivity index (χ0v) is 18.2. The van der Waals surface area contributed by atoms with E-state index in [4.69, 9.17) is 4.74 Å². The highest BCUT2D eigenvalue weighted by Crippen LogP contribution is 2.39. The number of rotatable bonds is 9. The van der Waals surface area contributed by atoms with Crippen LogP contribution in [0.2, 0.25) is 6.82 Å². The fraction of sp³-hybridized carbons (Fsp3) is 0.950. The Morgan fingerprint density at radius 3 is 1.83 bits per heavy atom. The van der Waals surface area contributed by atoms with Crippen LogP contribution in [0.1, 0.15) is 82.1 Å². The molecule has 0 saturated heterocycles. The van der Waals surface area contributed by atoms with Gasteiger partial charge in [0.2, 0.25) is 5.91 Å². The van der Waals surface area contributed by atoms with E-state index in [0.717, 1.165) is 12.8 Å².